The first-order chi connectivity index (χ1) is 12.3. The minimum atomic E-state index is -3.41. The molecule has 0 aliphatic carbocycles. The quantitative estimate of drug-likeness (QED) is 0.752. The number of carbonyl (C=O) groups excluding carboxylic acids is 1. The summed E-state index contributed by atoms with van der Waals surface area (Å²) in [4.78, 5) is 12.1. The van der Waals surface area contributed by atoms with E-state index in [0.717, 1.165) is 5.56 Å². The molecule has 1 amide bonds. The zero-order valence-electron chi connectivity index (χ0n) is 14.7. The summed E-state index contributed by atoms with van der Waals surface area (Å²) in [5, 5.41) is 5.29. The van der Waals surface area contributed by atoms with Crippen LogP contribution in [0.2, 0.25) is 0 Å². The van der Waals surface area contributed by atoms with Crippen molar-refractivity contribution in [3.05, 3.63) is 35.9 Å². The van der Waals surface area contributed by atoms with E-state index in [1.807, 2.05) is 6.07 Å². The zero-order chi connectivity index (χ0) is 18.8. The molecule has 2 saturated heterocycles. The van der Waals surface area contributed by atoms with Gasteiger partial charge in [0.05, 0.1) is 18.3 Å². The third-order valence-electron chi connectivity index (χ3n) is 4.81. The Kier molecular flexibility index (Phi) is 7.18. The van der Waals surface area contributed by atoms with Gasteiger partial charge in [-0.3, -0.25) is 10.1 Å². The summed E-state index contributed by atoms with van der Waals surface area (Å²) >= 11 is 0. The highest BCUT2D eigenvalue weighted by atomic mass is 35.5. The predicted molar refractivity (Wildman–Crippen MR) is 100 cm³/mol. The minimum absolute atomic E-state index is 0. The minimum Gasteiger partial charge on any atom is -0.352 e. The molecule has 2 aliphatic rings. The first-order valence-corrected chi connectivity index (χ1v) is 10.3. The van der Waals surface area contributed by atoms with Crippen molar-refractivity contribution in [3.8, 4) is 0 Å². The van der Waals surface area contributed by atoms with Crippen molar-refractivity contribution in [1.29, 1.82) is 0 Å². The van der Waals surface area contributed by atoms with E-state index in [2.05, 4.69) is 10.6 Å². The van der Waals surface area contributed by atoms with Gasteiger partial charge >= 0.3 is 0 Å². The van der Waals surface area contributed by atoms with Gasteiger partial charge in [-0.05, 0) is 18.4 Å². The van der Waals surface area contributed by atoms with Gasteiger partial charge in [-0.1, -0.05) is 30.3 Å². The number of halogens is 3. The van der Waals surface area contributed by atoms with Gasteiger partial charge in [0.25, 0.3) is 5.92 Å². The van der Waals surface area contributed by atoms with Crippen LogP contribution in [0.5, 0.6) is 0 Å². The highest BCUT2D eigenvalue weighted by molar-refractivity contribution is 7.88. The number of nitrogens with one attached hydrogen (secondary N) is 2. The fourth-order valence-corrected chi connectivity index (χ4v) is 4.92. The Morgan fingerprint density at radius 3 is 2.41 bits per heavy atom. The number of rotatable bonds is 5. The molecule has 3 rings (SSSR count). The van der Waals surface area contributed by atoms with Crippen LogP contribution in [-0.2, 0) is 20.6 Å². The van der Waals surface area contributed by atoms with Gasteiger partial charge in [0.2, 0.25) is 15.9 Å². The molecule has 27 heavy (non-hydrogen) atoms. The largest absolute Gasteiger partial charge is 0.352 e. The number of benzene rings is 1. The molecular weight excluding hydrogens is 400 g/mol. The highest BCUT2D eigenvalue weighted by Gasteiger charge is 2.42. The van der Waals surface area contributed by atoms with Crippen molar-refractivity contribution < 1.29 is 22.0 Å². The van der Waals surface area contributed by atoms with E-state index in [1.165, 1.54) is 4.31 Å². The summed E-state index contributed by atoms with van der Waals surface area (Å²) in [7, 11) is -3.41. The van der Waals surface area contributed by atoms with E-state index >= 15 is 0 Å². The monoisotopic (exact) mass is 423 g/mol. The molecule has 0 bridgehead atoms. The highest BCUT2D eigenvalue weighted by Crippen LogP contribution is 2.25. The summed E-state index contributed by atoms with van der Waals surface area (Å²) in [6.45, 7) is 0.143. The van der Waals surface area contributed by atoms with E-state index in [-0.39, 0.29) is 24.2 Å². The maximum absolute atomic E-state index is 13.2. The molecule has 0 saturated carbocycles. The Morgan fingerprint density at radius 1 is 1.22 bits per heavy atom. The van der Waals surface area contributed by atoms with Gasteiger partial charge in [-0.2, -0.15) is 0 Å². The van der Waals surface area contributed by atoms with Crippen molar-refractivity contribution in [2.24, 2.45) is 0 Å². The smallest absolute Gasteiger partial charge is 0.262 e. The first kappa shape index (κ1) is 22.0. The van der Waals surface area contributed by atoms with E-state index in [4.69, 9.17) is 0 Å². The third kappa shape index (κ3) is 5.84. The maximum Gasteiger partial charge on any atom is 0.262 e. The molecule has 1 aromatic carbocycles. The summed E-state index contributed by atoms with van der Waals surface area (Å²) in [6.07, 6.45) is 0.453. The molecule has 1 aromatic rings. The van der Waals surface area contributed by atoms with E-state index in [1.54, 1.807) is 24.3 Å². The van der Waals surface area contributed by atoms with E-state index in [0.29, 0.717) is 25.9 Å². The molecule has 2 N–H and O–H groups in total. The normalized spacial score (nSPS) is 23.6. The average molecular weight is 424 g/mol. The van der Waals surface area contributed by atoms with E-state index < -0.39 is 40.9 Å². The van der Waals surface area contributed by atoms with Gasteiger partial charge in [-0.25, -0.2) is 21.5 Å². The SMILES string of the molecule is Cl.O=C(NC1CCN(S(=O)(=O)Cc2ccccc2)CC1)C1CC(F)(F)CN1. The molecule has 6 nitrogen and oxygen atoms in total. The molecule has 2 heterocycles. The molecule has 152 valence electrons. The molecule has 2 aliphatic heterocycles. The first-order valence-electron chi connectivity index (χ1n) is 8.68. The molecule has 1 unspecified atom stereocenters. The van der Waals surface area contributed by atoms with Gasteiger partial charge < -0.3 is 5.32 Å². The number of amides is 1. The topological polar surface area (TPSA) is 78.5 Å². The van der Waals surface area contributed by atoms with Crippen LogP contribution < -0.4 is 10.6 Å². The van der Waals surface area contributed by atoms with Crippen LogP contribution in [0.4, 0.5) is 8.78 Å². The summed E-state index contributed by atoms with van der Waals surface area (Å²) < 4.78 is 52.8. The van der Waals surface area contributed by atoms with Crippen LogP contribution in [0, 0.1) is 0 Å². The van der Waals surface area contributed by atoms with Crippen molar-refractivity contribution in [1.82, 2.24) is 14.9 Å². The van der Waals surface area contributed by atoms with Gasteiger partial charge in [0.1, 0.15) is 0 Å². The summed E-state index contributed by atoms with van der Waals surface area (Å²) in [5.41, 5.74) is 0.733. The van der Waals surface area contributed by atoms with Crippen molar-refractivity contribution in [2.75, 3.05) is 19.6 Å². The molecule has 0 aromatic heterocycles. The maximum atomic E-state index is 13.2. The Morgan fingerprint density at radius 2 is 1.85 bits per heavy atom. The molecular formula is C17H24ClF2N3O3S. The lowest BCUT2D eigenvalue weighted by atomic mass is 10.1. The van der Waals surface area contributed by atoms with Crippen LogP contribution in [0.1, 0.15) is 24.8 Å². The van der Waals surface area contributed by atoms with Crippen molar-refractivity contribution >= 4 is 28.3 Å². The lowest BCUT2D eigenvalue weighted by Gasteiger charge is -2.32. The molecule has 0 spiro atoms. The fraction of sp³-hybridized carbons (Fsp3) is 0.588. The number of piperidine rings is 1. The van der Waals surface area contributed by atoms with Crippen LogP contribution >= 0.6 is 12.4 Å². The molecule has 2 fully saturated rings. The van der Waals surface area contributed by atoms with Crippen molar-refractivity contribution in [3.63, 3.8) is 0 Å². The summed E-state index contributed by atoms with van der Waals surface area (Å²) in [5.74, 6) is -3.34. The second-order valence-electron chi connectivity index (χ2n) is 6.92. The number of nitrogens with zero attached hydrogens (tertiary/aromatic N) is 1. The number of alkyl halides is 2. The Hall–Kier alpha value is -1.29. The molecule has 1 atom stereocenters. The van der Waals surface area contributed by atoms with Crippen molar-refractivity contribution in [2.45, 2.75) is 43.0 Å². The predicted octanol–water partition coefficient (Wildman–Crippen LogP) is 1.52. The summed E-state index contributed by atoms with van der Waals surface area (Å²) in [6, 6.07) is 7.90. The second kappa shape index (κ2) is 8.81. The average Bonchev–Trinajstić information content (AvgIpc) is 2.96. The van der Waals surface area contributed by atoms with Crippen LogP contribution in [0.25, 0.3) is 0 Å². The van der Waals surface area contributed by atoms with E-state index in [9.17, 15) is 22.0 Å². The fourth-order valence-electron chi connectivity index (χ4n) is 3.36. The third-order valence-corrected chi connectivity index (χ3v) is 6.66. The van der Waals surface area contributed by atoms with Crippen LogP contribution in [-0.4, -0.2) is 56.3 Å². The molecule has 0 radical (unpaired) electrons. The second-order valence-corrected chi connectivity index (χ2v) is 8.89. The number of sulfonamides is 1. The van der Waals surface area contributed by atoms with Crippen LogP contribution in [0.15, 0.2) is 30.3 Å². The van der Waals surface area contributed by atoms with Crippen LogP contribution in [0.3, 0.4) is 0 Å². The van der Waals surface area contributed by atoms with Gasteiger partial charge in [0, 0.05) is 25.6 Å². The lowest BCUT2D eigenvalue weighted by Crippen LogP contribution is -2.50. The number of hydrogen-bond donors (Lipinski definition) is 2. The lowest BCUT2D eigenvalue weighted by molar-refractivity contribution is -0.124. The van der Waals surface area contributed by atoms with Gasteiger partial charge in [-0.15, -0.1) is 12.4 Å². The van der Waals surface area contributed by atoms with Gasteiger partial charge in [0.15, 0.2) is 0 Å². The Balaban J connectivity index is 0.00000261. The number of hydrogen-bond acceptors (Lipinski definition) is 4. The Labute approximate surface area is 164 Å². The standard InChI is InChI=1S/C17H23F2N3O3S.ClH/c18-17(19)10-15(20-12-17)16(23)21-14-6-8-22(9-7-14)26(24,25)11-13-4-2-1-3-5-13;/h1-5,14-15,20H,6-12H2,(H,21,23);1H. The number of carbonyl (C=O) groups is 1. The Bertz CT molecular complexity index is 741. The zero-order valence-corrected chi connectivity index (χ0v) is 16.4. The molecule has 10 heteroatoms.